The van der Waals surface area contributed by atoms with Crippen molar-refractivity contribution in [1.29, 1.82) is 0 Å². The Morgan fingerprint density at radius 1 is 1.50 bits per heavy atom. The van der Waals surface area contributed by atoms with Crippen LogP contribution in [0.2, 0.25) is 5.02 Å². The van der Waals surface area contributed by atoms with E-state index in [1.165, 1.54) is 6.20 Å². The Morgan fingerprint density at radius 3 is 2.90 bits per heavy atom. The van der Waals surface area contributed by atoms with Crippen molar-refractivity contribution >= 4 is 17.5 Å². The van der Waals surface area contributed by atoms with Crippen molar-refractivity contribution in [3.8, 4) is 0 Å². The summed E-state index contributed by atoms with van der Waals surface area (Å²) in [6.45, 7) is 2.03. The molecule has 3 N–H and O–H groups in total. The predicted molar refractivity (Wildman–Crippen MR) is 76.7 cm³/mol. The maximum Gasteiger partial charge on any atom is 0.269 e. The zero-order valence-corrected chi connectivity index (χ0v) is 11.8. The number of aromatic amines is 1. The Balaban J connectivity index is 1.95. The van der Waals surface area contributed by atoms with Crippen LogP contribution in [0.4, 0.5) is 0 Å². The Morgan fingerprint density at radius 2 is 2.25 bits per heavy atom. The minimum absolute atomic E-state index is 0.0864. The number of H-pyrrole nitrogens is 1. The quantitative estimate of drug-likeness (QED) is 0.790. The standard InChI is InChI=1S/C14H16ClN3O2/c1-2-13-16-7-11(18-13)14(20)17-8-12(19)9-5-3-4-6-10(9)15/h3-7,12,19H,2,8H2,1H3,(H,16,18)(H,17,20). The second-order valence-electron chi connectivity index (χ2n) is 4.34. The highest BCUT2D eigenvalue weighted by Gasteiger charge is 2.14. The number of carbonyl (C=O) groups excluding carboxylic acids is 1. The van der Waals surface area contributed by atoms with E-state index in [9.17, 15) is 9.90 Å². The molecule has 0 bridgehead atoms. The maximum atomic E-state index is 11.9. The molecule has 20 heavy (non-hydrogen) atoms. The molecule has 1 heterocycles. The van der Waals surface area contributed by atoms with Gasteiger partial charge in [0.25, 0.3) is 5.91 Å². The Kier molecular flexibility index (Phi) is 4.76. The SMILES string of the molecule is CCc1ncc(C(=O)NCC(O)c2ccccc2Cl)[nH]1. The van der Waals surface area contributed by atoms with Gasteiger partial charge in [-0.2, -0.15) is 0 Å². The fourth-order valence-corrected chi connectivity index (χ4v) is 2.06. The number of aryl methyl sites for hydroxylation is 1. The molecule has 2 aromatic rings. The summed E-state index contributed by atoms with van der Waals surface area (Å²) in [6.07, 6.45) is 1.37. The van der Waals surface area contributed by atoms with Gasteiger partial charge in [0.2, 0.25) is 0 Å². The first-order valence-corrected chi connectivity index (χ1v) is 6.74. The molecule has 1 amide bonds. The van der Waals surface area contributed by atoms with E-state index in [1.54, 1.807) is 24.3 Å². The molecular formula is C14H16ClN3O2. The number of halogens is 1. The highest BCUT2D eigenvalue weighted by Crippen LogP contribution is 2.21. The Bertz CT molecular complexity index is 598. The molecule has 0 fully saturated rings. The number of hydrogen-bond donors (Lipinski definition) is 3. The summed E-state index contributed by atoms with van der Waals surface area (Å²) < 4.78 is 0. The van der Waals surface area contributed by atoms with Crippen LogP contribution in [0.25, 0.3) is 0 Å². The number of amides is 1. The Labute approximate surface area is 122 Å². The van der Waals surface area contributed by atoms with Gasteiger partial charge in [-0.3, -0.25) is 4.79 Å². The summed E-state index contributed by atoms with van der Waals surface area (Å²) in [5, 5.41) is 13.1. The lowest BCUT2D eigenvalue weighted by molar-refractivity contribution is 0.0912. The number of benzene rings is 1. The number of aliphatic hydroxyl groups excluding tert-OH is 1. The number of aromatic nitrogens is 2. The molecule has 1 atom stereocenters. The van der Waals surface area contributed by atoms with Gasteiger partial charge in [0.15, 0.2) is 0 Å². The van der Waals surface area contributed by atoms with E-state index in [2.05, 4.69) is 15.3 Å². The summed E-state index contributed by atoms with van der Waals surface area (Å²) in [5.74, 6) is 0.449. The van der Waals surface area contributed by atoms with Gasteiger partial charge in [-0.15, -0.1) is 0 Å². The van der Waals surface area contributed by atoms with E-state index in [1.807, 2.05) is 6.92 Å². The third kappa shape index (κ3) is 3.37. The third-order valence-electron chi connectivity index (χ3n) is 2.93. The van der Waals surface area contributed by atoms with Crippen LogP contribution in [0.1, 0.15) is 34.9 Å². The van der Waals surface area contributed by atoms with Gasteiger partial charge in [-0.25, -0.2) is 4.98 Å². The zero-order valence-electron chi connectivity index (χ0n) is 11.1. The average Bonchev–Trinajstić information content (AvgIpc) is 2.94. The first kappa shape index (κ1) is 14.6. The number of carbonyl (C=O) groups is 1. The molecular weight excluding hydrogens is 278 g/mol. The number of imidazole rings is 1. The number of nitrogens with zero attached hydrogens (tertiary/aromatic N) is 1. The Hall–Kier alpha value is -1.85. The van der Waals surface area contributed by atoms with Gasteiger partial charge in [-0.05, 0) is 6.07 Å². The number of aliphatic hydroxyl groups is 1. The molecule has 0 aliphatic carbocycles. The van der Waals surface area contributed by atoms with E-state index >= 15 is 0 Å². The van der Waals surface area contributed by atoms with Crippen molar-refractivity contribution in [3.05, 3.63) is 52.6 Å². The van der Waals surface area contributed by atoms with E-state index < -0.39 is 6.10 Å². The topological polar surface area (TPSA) is 78.0 Å². The van der Waals surface area contributed by atoms with E-state index in [0.29, 0.717) is 16.3 Å². The summed E-state index contributed by atoms with van der Waals surface area (Å²) in [5.41, 5.74) is 0.974. The lowest BCUT2D eigenvalue weighted by Crippen LogP contribution is -2.28. The molecule has 1 aromatic heterocycles. The third-order valence-corrected chi connectivity index (χ3v) is 3.27. The van der Waals surface area contributed by atoms with Gasteiger partial charge in [-0.1, -0.05) is 36.7 Å². The van der Waals surface area contributed by atoms with Crippen LogP contribution in [-0.4, -0.2) is 27.5 Å². The van der Waals surface area contributed by atoms with Crippen LogP contribution in [0.15, 0.2) is 30.5 Å². The normalized spacial score (nSPS) is 12.2. The molecule has 0 spiro atoms. The second kappa shape index (κ2) is 6.54. The highest BCUT2D eigenvalue weighted by molar-refractivity contribution is 6.31. The molecule has 2 rings (SSSR count). The highest BCUT2D eigenvalue weighted by atomic mass is 35.5. The van der Waals surface area contributed by atoms with Crippen LogP contribution < -0.4 is 5.32 Å². The largest absolute Gasteiger partial charge is 0.387 e. The summed E-state index contributed by atoms with van der Waals surface area (Å²) in [4.78, 5) is 18.8. The molecule has 0 radical (unpaired) electrons. The number of rotatable bonds is 5. The summed E-state index contributed by atoms with van der Waals surface area (Å²) >= 11 is 5.98. The summed E-state index contributed by atoms with van der Waals surface area (Å²) in [6, 6.07) is 7.00. The van der Waals surface area contributed by atoms with Gasteiger partial charge in [0.05, 0.1) is 12.3 Å². The lowest BCUT2D eigenvalue weighted by Gasteiger charge is -2.13. The minimum Gasteiger partial charge on any atom is -0.387 e. The predicted octanol–water partition coefficient (Wildman–Crippen LogP) is 2.09. The molecule has 5 nitrogen and oxygen atoms in total. The maximum absolute atomic E-state index is 11.9. The summed E-state index contributed by atoms with van der Waals surface area (Å²) in [7, 11) is 0. The molecule has 0 aliphatic rings. The zero-order chi connectivity index (χ0) is 14.5. The van der Waals surface area contributed by atoms with E-state index in [4.69, 9.17) is 11.6 Å². The van der Waals surface area contributed by atoms with Crippen LogP contribution in [0.5, 0.6) is 0 Å². The first-order chi connectivity index (χ1) is 9.61. The van der Waals surface area contributed by atoms with Crippen LogP contribution in [0.3, 0.4) is 0 Å². The van der Waals surface area contributed by atoms with Crippen LogP contribution >= 0.6 is 11.6 Å². The van der Waals surface area contributed by atoms with Crippen molar-refractivity contribution in [3.63, 3.8) is 0 Å². The minimum atomic E-state index is -0.846. The lowest BCUT2D eigenvalue weighted by atomic mass is 10.1. The molecule has 1 unspecified atom stereocenters. The van der Waals surface area contributed by atoms with Crippen molar-refractivity contribution in [2.75, 3.05) is 6.54 Å². The fraction of sp³-hybridized carbons (Fsp3) is 0.286. The first-order valence-electron chi connectivity index (χ1n) is 6.36. The van der Waals surface area contributed by atoms with Crippen molar-refractivity contribution < 1.29 is 9.90 Å². The van der Waals surface area contributed by atoms with Gasteiger partial charge in [0.1, 0.15) is 11.5 Å². The van der Waals surface area contributed by atoms with Crippen LogP contribution in [0, 0.1) is 0 Å². The van der Waals surface area contributed by atoms with Gasteiger partial charge < -0.3 is 15.4 Å². The van der Waals surface area contributed by atoms with Gasteiger partial charge >= 0.3 is 0 Å². The molecule has 0 saturated carbocycles. The molecule has 106 valence electrons. The van der Waals surface area contributed by atoms with E-state index in [-0.39, 0.29) is 12.5 Å². The van der Waals surface area contributed by atoms with Gasteiger partial charge in [0, 0.05) is 23.6 Å². The monoisotopic (exact) mass is 293 g/mol. The van der Waals surface area contributed by atoms with Crippen molar-refractivity contribution in [2.24, 2.45) is 0 Å². The van der Waals surface area contributed by atoms with Crippen molar-refractivity contribution in [2.45, 2.75) is 19.4 Å². The second-order valence-corrected chi connectivity index (χ2v) is 4.75. The molecule has 0 aliphatic heterocycles. The number of nitrogens with one attached hydrogen (secondary N) is 2. The fourth-order valence-electron chi connectivity index (χ4n) is 1.80. The average molecular weight is 294 g/mol. The van der Waals surface area contributed by atoms with Crippen LogP contribution in [-0.2, 0) is 6.42 Å². The molecule has 1 aromatic carbocycles. The van der Waals surface area contributed by atoms with E-state index in [0.717, 1.165) is 12.2 Å². The molecule has 0 saturated heterocycles. The molecule has 6 heteroatoms. The number of hydrogen-bond acceptors (Lipinski definition) is 3. The smallest absolute Gasteiger partial charge is 0.269 e. The van der Waals surface area contributed by atoms with Crippen molar-refractivity contribution in [1.82, 2.24) is 15.3 Å².